The second kappa shape index (κ2) is 6.53. The lowest BCUT2D eigenvalue weighted by Gasteiger charge is -2.16. The van der Waals surface area contributed by atoms with Gasteiger partial charge in [-0.05, 0) is 43.5 Å². The molecule has 20 heavy (non-hydrogen) atoms. The number of hydrogen-bond donors (Lipinski definition) is 1. The number of carbonyl (C=O) groups excluding carboxylic acids is 1. The van der Waals surface area contributed by atoms with E-state index in [4.69, 9.17) is 5.26 Å². The Hall–Kier alpha value is -1.86. The van der Waals surface area contributed by atoms with Crippen LogP contribution in [0.15, 0.2) is 24.3 Å². The third-order valence-electron chi connectivity index (χ3n) is 3.82. The molecule has 1 aromatic carbocycles. The Labute approximate surface area is 120 Å². The topological polar surface area (TPSA) is 56.1 Å². The molecule has 1 saturated carbocycles. The van der Waals surface area contributed by atoms with Gasteiger partial charge in [0.15, 0.2) is 0 Å². The van der Waals surface area contributed by atoms with Crippen LogP contribution in [0.3, 0.4) is 0 Å². The average Bonchev–Trinajstić information content (AvgIpc) is 3.12. The Kier molecular flexibility index (Phi) is 4.75. The Bertz CT molecular complexity index is 521. The fourth-order valence-electron chi connectivity index (χ4n) is 2.33. The van der Waals surface area contributed by atoms with Crippen molar-refractivity contribution in [3.8, 4) is 6.07 Å². The second-order valence-electron chi connectivity index (χ2n) is 5.73. The molecule has 1 amide bonds. The van der Waals surface area contributed by atoms with Crippen LogP contribution < -0.4 is 5.32 Å². The summed E-state index contributed by atoms with van der Waals surface area (Å²) in [6, 6.07) is 9.05. The predicted molar refractivity (Wildman–Crippen MR) is 79.2 cm³/mol. The summed E-state index contributed by atoms with van der Waals surface area (Å²) in [6.07, 6.45) is 1.80. The minimum Gasteiger partial charge on any atom is -0.326 e. The van der Waals surface area contributed by atoms with Crippen molar-refractivity contribution >= 4 is 11.6 Å². The molecule has 0 spiro atoms. The number of hydrogen-bond acceptors (Lipinski definition) is 3. The molecular weight excluding hydrogens is 250 g/mol. The van der Waals surface area contributed by atoms with Gasteiger partial charge in [-0.25, -0.2) is 0 Å². The standard InChI is InChI=1S/C16H21N3O/c1-12-8-14(12)11-19(2)7-6-16(20)18-15-5-3-4-13(9-15)10-17/h3-5,9,12,14H,6-8,11H2,1-2H3,(H,18,20). The summed E-state index contributed by atoms with van der Waals surface area (Å²) in [4.78, 5) is 14.1. The van der Waals surface area contributed by atoms with Crippen molar-refractivity contribution in [2.75, 3.05) is 25.5 Å². The lowest BCUT2D eigenvalue weighted by Crippen LogP contribution is -2.26. The maximum Gasteiger partial charge on any atom is 0.225 e. The number of carbonyl (C=O) groups is 1. The Morgan fingerprint density at radius 3 is 2.95 bits per heavy atom. The summed E-state index contributed by atoms with van der Waals surface area (Å²) in [6.45, 7) is 4.12. The molecule has 1 fully saturated rings. The van der Waals surface area contributed by atoms with Crippen LogP contribution in [0.1, 0.15) is 25.3 Å². The SMILES string of the molecule is CC1CC1CN(C)CCC(=O)Nc1cccc(C#N)c1. The van der Waals surface area contributed by atoms with Crippen LogP contribution in [0.2, 0.25) is 0 Å². The van der Waals surface area contributed by atoms with Gasteiger partial charge in [0.1, 0.15) is 0 Å². The zero-order valence-electron chi connectivity index (χ0n) is 12.1. The summed E-state index contributed by atoms with van der Waals surface area (Å²) in [7, 11) is 2.06. The highest BCUT2D eigenvalue weighted by atomic mass is 16.1. The van der Waals surface area contributed by atoms with Crippen LogP contribution in [0.25, 0.3) is 0 Å². The molecule has 2 unspecified atom stereocenters. The van der Waals surface area contributed by atoms with Crippen LogP contribution in [0.5, 0.6) is 0 Å². The summed E-state index contributed by atoms with van der Waals surface area (Å²) in [5, 5.41) is 11.6. The molecule has 0 saturated heterocycles. The molecule has 0 radical (unpaired) electrons. The summed E-state index contributed by atoms with van der Waals surface area (Å²) in [5.74, 6) is 1.66. The Morgan fingerprint density at radius 1 is 1.55 bits per heavy atom. The van der Waals surface area contributed by atoms with E-state index in [2.05, 4.69) is 30.3 Å². The maximum absolute atomic E-state index is 11.9. The van der Waals surface area contributed by atoms with Crippen LogP contribution in [0.4, 0.5) is 5.69 Å². The van der Waals surface area contributed by atoms with E-state index in [0.717, 1.165) is 24.9 Å². The van der Waals surface area contributed by atoms with Crippen molar-refractivity contribution in [2.45, 2.75) is 19.8 Å². The molecule has 1 aromatic rings. The van der Waals surface area contributed by atoms with Gasteiger partial charge in [0.2, 0.25) is 5.91 Å². The van der Waals surface area contributed by atoms with Crippen molar-refractivity contribution in [3.63, 3.8) is 0 Å². The minimum atomic E-state index is -0.00390. The molecule has 4 nitrogen and oxygen atoms in total. The van der Waals surface area contributed by atoms with Gasteiger partial charge in [0.05, 0.1) is 11.6 Å². The van der Waals surface area contributed by atoms with Gasteiger partial charge in [0.25, 0.3) is 0 Å². The summed E-state index contributed by atoms with van der Waals surface area (Å²) in [5.41, 5.74) is 1.25. The molecule has 2 atom stereocenters. The molecule has 0 aliphatic heterocycles. The van der Waals surface area contributed by atoms with E-state index in [9.17, 15) is 4.79 Å². The molecule has 0 bridgehead atoms. The van der Waals surface area contributed by atoms with E-state index < -0.39 is 0 Å². The van der Waals surface area contributed by atoms with Gasteiger partial charge in [-0.2, -0.15) is 5.26 Å². The van der Waals surface area contributed by atoms with Crippen LogP contribution in [0, 0.1) is 23.2 Å². The smallest absolute Gasteiger partial charge is 0.225 e. The average molecular weight is 271 g/mol. The third kappa shape index (κ3) is 4.36. The fraction of sp³-hybridized carbons (Fsp3) is 0.500. The van der Waals surface area contributed by atoms with Crippen molar-refractivity contribution in [2.24, 2.45) is 11.8 Å². The van der Waals surface area contributed by atoms with Crippen molar-refractivity contribution in [3.05, 3.63) is 29.8 Å². The minimum absolute atomic E-state index is 0.00390. The Morgan fingerprint density at radius 2 is 2.30 bits per heavy atom. The van der Waals surface area contributed by atoms with Crippen LogP contribution in [-0.4, -0.2) is 30.9 Å². The Balaban J connectivity index is 1.73. The van der Waals surface area contributed by atoms with Gasteiger partial charge in [-0.3, -0.25) is 4.79 Å². The molecule has 1 aliphatic rings. The van der Waals surface area contributed by atoms with E-state index in [-0.39, 0.29) is 5.91 Å². The van der Waals surface area contributed by atoms with E-state index in [1.165, 1.54) is 6.42 Å². The molecule has 0 heterocycles. The van der Waals surface area contributed by atoms with Gasteiger partial charge in [0, 0.05) is 25.2 Å². The fourth-order valence-corrected chi connectivity index (χ4v) is 2.33. The molecular formula is C16H21N3O. The summed E-state index contributed by atoms with van der Waals surface area (Å²) < 4.78 is 0. The van der Waals surface area contributed by atoms with Gasteiger partial charge in [-0.15, -0.1) is 0 Å². The maximum atomic E-state index is 11.9. The van der Waals surface area contributed by atoms with E-state index in [1.807, 2.05) is 0 Å². The first-order valence-corrected chi connectivity index (χ1v) is 7.07. The van der Waals surface area contributed by atoms with Crippen molar-refractivity contribution < 1.29 is 4.79 Å². The van der Waals surface area contributed by atoms with Crippen LogP contribution in [-0.2, 0) is 4.79 Å². The summed E-state index contributed by atoms with van der Waals surface area (Å²) >= 11 is 0. The van der Waals surface area contributed by atoms with Gasteiger partial charge < -0.3 is 10.2 Å². The number of nitriles is 1. The number of rotatable bonds is 6. The first-order chi connectivity index (χ1) is 9.58. The molecule has 106 valence electrons. The normalized spacial score (nSPS) is 20.5. The second-order valence-corrected chi connectivity index (χ2v) is 5.73. The molecule has 1 N–H and O–H groups in total. The highest BCUT2D eigenvalue weighted by Crippen LogP contribution is 2.37. The monoisotopic (exact) mass is 271 g/mol. The molecule has 1 aliphatic carbocycles. The first kappa shape index (κ1) is 14.5. The first-order valence-electron chi connectivity index (χ1n) is 7.07. The lowest BCUT2D eigenvalue weighted by molar-refractivity contribution is -0.116. The van der Waals surface area contributed by atoms with Crippen molar-refractivity contribution in [1.29, 1.82) is 5.26 Å². The largest absolute Gasteiger partial charge is 0.326 e. The van der Waals surface area contributed by atoms with E-state index >= 15 is 0 Å². The molecule has 0 aromatic heterocycles. The highest BCUT2D eigenvalue weighted by molar-refractivity contribution is 5.90. The number of amides is 1. The van der Waals surface area contributed by atoms with Crippen LogP contribution >= 0.6 is 0 Å². The number of benzene rings is 1. The number of nitrogens with zero attached hydrogens (tertiary/aromatic N) is 2. The zero-order valence-corrected chi connectivity index (χ0v) is 12.1. The third-order valence-corrected chi connectivity index (χ3v) is 3.82. The number of anilines is 1. The zero-order chi connectivity index (χ0) is 14.5. The highest BCUT2D eigenvalue weighted by Gasteiger charge is 2.32. The van der Waals surface area contributed by atoms with Crippen molar-refractivity contribution in [1.82, 2.24) is 4.90 Å². The van der Waals surface area contributed by atoms with Gasteiger partial charge >= 0.3 is 0 Å². The van der Waals surface area contributed by atoms with Gasteiger partial charge in [-0.1, -0.05) is 13.0 Å². The van der Waals surface area contributed by atoms with E-state index in [1.54, 1.807) is 24.3 Å². The molecule has 2 rings (SSSR count). The van der Waals surface area contributed by atoms with E-state index in [0.29, 0.717) is 17.7 Å². The lowest BCUT2D eigenvalue weighted by atomic mass is 10.2. The quantitative estimate of drug-likeness (QED) is 0.864. The molecule has 4 heteroatoms. The predicted octanol–water partition coefficient (Wildman–Crippen LogP) is 2.47. The number of nitrogens with one attached hydrogen (secondary N) is 1.